The van der Waals surface area contributed by atoms with Crippen LogP contribution in [0, 0.1) is 5.92 Å². The molecule has 5 rings (SSSR count). The summed E-state index contributed by atoms with van der Waals surface area (Å²) < 4.78 is 7.84. The SMILES string of the molecule is NC(N)=NCCCN1CCCC(n2cc3c(nc2=O)Nc2cc(C(=O)NCCC4CCNCC4)ccc2O3)CC1. The number of hydrogen-bond acceptors (Lipinski definition) is 8. The molecule has 1 unspecified atom stereocenters. The number of nitrogens with one attached hydrogen (secondary N) is 3. The molecule has 1 aromatic heterocycles. The number of rotatable bonds is 9. The molecule has 1 atom stereocenters. The van der Waals surface area contributed by atoms with Crippen LogP contribution >= 0.6 is 0 Å². The van der Waals surface area contributed by atoms with Crippen LogP contribution in [0.25, 0.3) is 0 Å². The van der Waals surface area contributed by atoms with Gasteiger partial charge < -0.3 is 37.1 Å². The number of aromatic nitrogens is 2. The molecule has 40 heavy (non-hydrogen) atoms. The minimum atomic E-state index is -0.309. The van der Waals surface area contributed by atoms with Crippen LogP contribution < -0.4 is 37.8 Å². The Bertz CT molecular complexity index is 1270. The summed E-state index contributed by atoms with van der Waals surface area (Å²) in [4.78, 5) is 36.6. The number of amides is 1. The Hall–Kier alpha value is -3.64. The first-order valence-corrected chi connectivity index (χ1v) is 14.4. The van der Waals surface area contributed by atoms with Crippen molar-refractivity contribution in [3.05, 3.63) is 40.4 Å². The first-order chi connectivity index (χ1) is 19.5. The monoisotopic (exact) mass is 551 g/mol. The van der Waals surface area contributed by atoms with Gasteiger partial charge in [-0.15, -0.1) is 0 Å². The number of nitrogens with zero attached hydrogens (tertiary/aromatic N) is 4. The van der Waals surface area contributed by atoms with Gasteiger partial charge in [0, 0.05) is 31.2 Å². The van der Waals surface area contributed by atoms with E-state index in [-0.39, 0.29) is 23.6 Å². The highest BCUT2D eigenvalue weighted by Crippen LogP contribution is 2.41. The molecule has 3 aliphatic heterocycles. The van der Waals surface area contributed by atoms with Crippen molar-refractivity contribution in [1.29, 1.82) is 0 Å². The molecule has 2 saturated heterocycles. The summed E-state index contributed by atoms with van der Waals surface area (Å²) in [6.45, 7) is 6.17. The van der Waals surface area contributed by atoms with Crippen LogP contribution in [0.2, 0.25) is 0 Å². The van der Waals surface area contributed by atoms with E-state index in [4.69, 9.17) is 16.2 Å². The maximum Gasteiger partial charge on any atom is 0.350 e. The maximum atomic E-state index is 13.0. The van der Waals surface area contributed by atoms with E-state index in [2.05, 4.69) is 30.8 Å². The Balaban J connectivity index is 1.18. The van der Waals surface area contributed by atoms with Gasteiger partial charge in [-0.25, -0.2) is 4.79 Å². The zero-order chi connectivity index (χ0) is 27.9. The van der Waals surface area contributed by atoms with Gasteiger partial charge in [-0.1, -0.05) is 0 Å². The summed E-state index contributed by atoms with van der Waals surface area (Å²) in [5.41, 5.74) is 11.7. The quantitative estimate of drug-likeness (QED) is 0.152. The highest BCUT2D eigenvalue weighted by molar-refractivity contribution is 5.96. The molecule has 2 aromatic rings. The van der Waals surface area contributed by atoms with Crippen molar-refractivity contribution in [1.82, 2.24) is 25.1 Å². The number of hydrogen-bond donors (Lipinski definition) is 5. The molecule has 2 fully saturated rings. The number of ether oxygens (including phenoxy) is 1. The summed E-state index contributed by atoms with van der Waals surface area (Å²) in [6, 6.07) is 5.35. The van der Waals surface area contributed by atoms with Gasteiger partial charge >= 0.3 is 5.69 Å². The van der Waals surface area contributed by atoms with E-state index >= 15 is 0 Å². The molecule has 0 bridgehead atoms. The molecular formula is C28H41N9O3. The number of piperidine rings is 1. The largest absolute Gasteiger partial charge is 0.450 e. The lowest BCUT2D eigenvalue weighted by Gasteiger charge is -2.24. The second-order valence-corrected chi connectivity index (χ2v) is 10.9. The highest BCUT2D eigenvalue weighted by Gasteiger charge is 2.25. The Labute approximate surface area is 234 Å². The minimum absolute atomic E-state index is 0.0500. The normalized spacial score (nSPS) is 19.4. The van der Waals surface area contributed by atoms with E-state index in [0.29, 0.717) is 47.6 Å². The van der Waals surface area contributed by atoms with E-state index in [0.717, 1.165) is 77.7 Å². The van der Waals surface area contributed by atoms with Crippen molar-refractivity contribution in [2.24, 2.45) is 22.4 Å². The van der Waals surface area contributed by atoms with Gasteiger partial charge in [0.25, 0.3) is 5.91 Å². The topological polar surface area (TPSA) is 165 Å². The lowest BCUT2D eigenvalue weighted by molar-refractivity contribution is 0.0950. The molecule has 1 amide bonds. The van der Waals surface area contributed by atoms with E-state index < -0.39 is 0 Å². The zero-order valence-electron chi connectivity index (χ0n) is 23.0. The molecule has 0 aliphatic carbocycles. The van der Waals surface area contributed by atoms with Crippen molar-refractivity contribution in [2.45, 2.75) is 51.0 Å². The summed E-state index contributed by atoms with van der Waals surface area (Å²) in [5, 5.41) is 9.60. The highest BCUT2D eigenvalue weighted by atomic mass is 16.5. The number of carbonyl (C=O) groups is 1. The van der Waals surface area contributed by atoms with E-state index in [1.54, 1.807) is 29.0 Å². The Morgan fingerprint density at radius 1 is 1.15 bits per heavy atom. The molecular weight excluding hydrogens is 510 g/mol. The van der Waals surface area contributed by atoms with Gasteiger partial charge in [0.1, 0.15) is 0 Å². The van der Waals surface area contributed by atoms with Gasteiger partial charge in [-0.05, 0) is 95.2 Å². The number of guanidine groups is 1. The van der Waals surface area contributed by atoms with E-state index in [9.17, 15) is 9.59 Å². The fraction of sp³-hybridized carbons (Fsp3) is 0.571. The van der Waals surface area contributed by atoms with Crippen molar-refractivity contribution in [3.63, 3.8) is 0 Å². The summed E-state index contributed by atoms with van der Waals surface area (Å²) in [7, 11) is 0. The van der Waals surface area contributed by atoms with Crippen LogP contribution in [0.1, 0.15) is 61.3 Å². The second-order valence-electron chi connectivity index (χ2n) is 10.9. The van der Waals surface area contributed by atoms with Crippen molar-refractivity contribution in [3.8, 4) is 11.5 Å². The second kappa shape index (κ2) is 13.1. The van der Waals surface area contributed by atoms with Crippen molar-refractivity contribution >= 4 is 23.4 Å². The molecule has 0 radical (unpaired) electrons. The van der Waals surface area contributed by atoms with Gasteiger partial charge in [0.2, 0.25) is 0 Å². The standard InChI is InChI=1S/C28H41N9O3/c29-27(30)33-10-2-15-36-14-1-3-21(9-16-36)37-18-24-25(35-28(37)39)34-22-17-20(4-5-23(22)40-24)26(38)32-13-8-19-6-11-31-12-7-19/h4-5,17-19,21,31H,1-3,6-16H2,(H,32,38)(H4,29,30,33)(H,34,35,39). The van der Waals surface area contributed by atoms with Crippen LogP contribution in [0.5, 0.6) is 11.5 Å². The lowest BCUT2D eigenvalue weighted by atomic mass is 9.95. The zero-order valence-corrected chi connectivity index (χ0v) is 23.0. The van der Waals surface area contributed by atoms with Crippen LogP contribution in [-0.4, -0.2) is 72.1 Å². The molecule has 3 aliphatic rings. The van der Waals surface area contributed by atoms with E-state index in [1.807, 2.05) is 0 Å². The fourth-order valence-electron chi connectivity index (χ4n) is 5.79. The lowest BCUT2D eigenvalue weighted by Crippen LogP contribution is -2.31. The van der Waals surface area contributed by atoms with Gasteiger partial charge in [0.05, 0.1) is 11.9 Å². The molecule has 12 heteroatoms. The van der Waals surface area contributed by atoms with Gasteiger partial charge in [-0.3, -0.25) is 14.4 Å². The third-order valence-electron chi connectivity index (χ3n) is 8.04. The number of likely N-dealkylation sites (tertiary alicyclic amines) is 1. The number of carbonyl (C=O) groups excluding carboxylic acids is 1. The van der Waals surface area contributed by atoms with E-state index in [1.165, 1.54) is 0 Å². The summed E-state index contributed by atoms with van der Waals surface area (Å²) in [5.74, 6) is 2.13. The maximum absolute atomic E-state index is 13.0. The van der Waals surface area contributed by atoms with Gasteiger partial charge in [-0.2, -0.15) is 4.98 Å². The molecule has 12 nitrogen and oxygen atoms in total. The number of aliphatic imine (C=N–C) groups is 1. The predicted molar refractivity (Wildman–Crippen MR) is 155 cm³/mol. The number of fused-ring (bicyclic) bond motifs is 2. The smallest absolute Gasteiger partial charge is 0.350 e. The van der Waals surface area contributed by atoms with Crippen molar-refractivity contribution in [2.75, 3.05) is 51.1 Å². The fourth-order valence-corrected chi connectivity index (χ4v) is 5.79. The van der Waals surface area contributed by atoms with Crippen LogP contribution in [0.3, 0.4) is 0 Å². The van der Waals surface area contributed by atoms with Crippen molar-refractivity contribution < 1.29 is 9.53 Å². The first-order valence-electron chi connectivity index (χ1n) is 14.4. The van der Waals surface area contributed by atoms with Crippen LogP contribution in [0.4, 0.5) is 11.5 Å². The summed E-state index contributed by atoms with van der Waals surface area (Å²) >= 11 is 0. The molecule has 7 N–H and O–H groups in total. The predicted octanol–water partition coefficient (Wildman–Crippen LogP) is 1.90. The minimum Gasteiger partial charge on any atom is -0.450 e. The Kier molecular flexibility index (Phi) is 9.17. The Morgan fingerprint density at radius 3 is 2.83 bits per heavy atom. The molecule has 216 valence electrons. The molecule has 1 aromatic carbocycles. The van der Waals surface area contributed by atoms with Crippen LogP contribution in [-0.2, 0) is 0 Å². The number of nitrogens with two attached hydrogens (primary N) is 2. The number of benzene rings is 1. The molecule has 0 spiro atoms. The first kappa shape index (κ1) is 27.9. The van der Waals surface area contributed by atoms with Gasteiger partial charge in [0.15, 0.2) is 23.3 Å². The average molecular weight is 552 g/mol. The van der Waals surface area contributed by atoms with Crippen LogP contribution in [0.15, 0.2) is 34.2 Å². The summed E-state index contributed by atoms with van der Waals surface area (Å²) in [6.07, 6.45) is 8.69. The third kappa shape index (κ3) is 7.11. The molecule has 0 saturated carbocycles. The molecule has 4 heterocycles. The number of anilines is 2. The average Bonchev–Trinajstić information content (AvgIpc) is 3.19. The Morgan fingerprint density at radius 2 is 2.00 bits per heavy atom. The third-order valence-corrected chi connectivity index (χ3v) is 8.04.